The second kappa shape index (κ2) is 17.4. The van der Waals surface area contributed by atoms with Gasteiger partial charge in [-0.2, -0.15) is 0 Å². The van der Waals surface area contributed by atoms with Crippen LogP contribution in [0, 0.1) is 0 Å². The third kappa shape index (κ3) is 7.86. The summed E-state index contributed by atoms with van der Waals surface area (Å²) in [5.41, 5.74) is 5.08. The number of fused-ring (bicyclic) bond motifs is 1. The fraction of sp³-hybridized carbons (Fsp3) is 0.386. The van der Waals surface area contributed by atoms with Crippen LogP contribution in [0.15, 0.2) is 84.9 Å². The molecule has 8 heteroatoms. The number of carbonyl (C=O) groups excluding carboxylic acids is 2. The van der Waals surface area contributed by atoms with Crippen molar-refractivity contribution in [3.8, 4) is 11.1 Å². The maximum atomic E-state index is 13.9. The van der Waals surface area contributed by atoms with Crippen LogP contribution in [0.4, 0.5) is 11.4 Å². The molecule has 0 radical (unpaired) electrons. The first kappa shape index (κ1) is 38.1. The molecular weight excluding hydrogens is 651 g/mol. The van der Waals surface area contributed by atoms with Crippen molar-refractivity contribution >= 4 is 29.2 Å². The molecule has 4 aromatic carbocycles. The van der Waals surface area contributed by atoms with E-state index in [0.717, 1.165) is 73.5 Å². The van der Waals surface area contributed by atoms with Crippen molar-refractivity contribution in [2.75, 3.05) is 42.5 Å². The molecule has 1 aliphatic heterocycles. The van der Waals surface area contributed by atoms with Crippen LogP contribution >= 0.6 is 0 Å². The number of carboxylic acid groups (broad SMARTS) is 1. The number of hydrogen-bond donors (Lipinski definition) is 2. The van der Waals surface area contributed by atoms with Crippen molar-refractivity contribution in [1.29, 1.82) is 0 Å². The molecular formula is C44H53N3O5. The number of cyclic esters (lactones) is 1. The summed E-state index contributed by atoms with van der Waals surface area (Å²) in [6.45, 7) is 14.7. The van der Waals surface area contributed by atoms with Gasteiger partial charge in [0, 0.05) is 60.8 Å². The molecule has 52 heavy (non-hydrogen) atoms. The van der Waals surface area contributed by atoms with Gasteiger partial charge in [-0.3, -0.25) is 4.79 Å². The van der Waals surface area contributed by atoms with E-state index >= 15 is 0 Å². The van der Waals surface area contributed by atoms with Crippen LogP contribution in [0.1, 0.15) is 121 Å². The number of rotatable bonds is 18. The molecule has 1 heterocycles. The fourth-order valence-corrected chi connectivity index (χ4v) is 7.34. The van der Waals surface area contributed by atoms with Gasteiger partial charge in [-0.05, 0) is 87.7 Å². The van der Waals surface area contributed by atoms with E-state index in [1.807, 2.05) is 36.4 Å². The minimum atomic E-state index is -1.19. The maximum absolute atomic E-state index is 13.9. The molecule has 274 valence electrons. The van der Waals surface area contributed by atoms with Gasteiger partial charge in [-0.25, -0.2) is 9.59 Å². The zero-order valence-electron chi connectivity index (χ0n) is 31.3. The highest BCUT2D eigenvalue weighted by Gasteiger charge is 2.48. The highest BCUT2D eigenvalue weighted by atomic mass is 16.6. The van der Waals surface area contributed by atoms with Gasteiger partial charge in [0.2, 0.25) is 0 Å². The van der Waals surface area contributed by atoms with Gasteiger partial charge in [-0.15, -0.1) is 0 Å². The number of unbranched alkanes of at least 4 members (excludes halogenated alkanes) is 5. The normalized spacial score (nSPS) is 13.0. The van der Waals surface area contributed by atoms with E-state index in [-0.39, 0.29) is 11.1 Å². The van der Waals surface area contributed by atoms with Crippen LogP contribution in [-0.2, 0) is 10.3 Å². The number of nitrogens with one attached hydrogen (secondary N) is 1. The summed E-state index contributed by atoms with van der Waals surface area (Å²) in [6.07, 6.45) is 6.57. The summed E-state index contributed by atoms with van der Waals surface area (Å²) in [5.74, 6) is -2.05. The molecule has 0 atom stereocenters. The first-order chi connectivity index (χ1) is 25.2. The number of carboxylic acids is 1. The molecule has 5 rings (SSSR count). The SMILES string of the molecule is CCCCCCCCNC(=O)c1ccc(-c2ccc3c(c2)C(=O)OC3(c2ccc(N(CC)CC)cc2)c2ccc(N(CC)CC)cc2)cc1C(=O)O. The summed E-state index contributed by atoms with van der Waals surface area (Å²) in [4.78, 5) is 43.8. The van der Waals surface area contributed by atoms with E-state index in [0.29, 0.717) is 23.2 Å². The van der Waals surface area contributed by atoms with E-state index in [1.54, 1.807) is 18.2 Å². The fourth-order valence-electron chi connectivity index (χ4n) is 7.34. The number of amides is 1. The predicted octanol–water partition coefficient (Wildman–Crippen LogP) is 9.30. The number of ether oxygens (including phenoxy) is 1. The first-order valence-electron chi connectivity index (χ1n) is 19.0. The van der Waals surface area contributed by atoms with E-state index in [1.165, 1.54) is 25.3 Å². The molecule has 0 spiro atoms. The Bertz CT molecular complexity index is 1790. The van der Waals surface area contributed by atoms with E-state index in [2.05, 4.69) is 74.0 Å². The molecule has 2 N–H and O–H groups in total. The first-order valence-corrected chi connectivity index (χ1v) is 19.0. The van der Waals surface area contributed by atoms with E-state index in [4.69, 9.17) is 4.74 Å². The van der Waals surface area contributed by atoms with Crippen molar-refractivity contribution in [3.63, 3.8) is 0 Å². The number of anilines is 2. The molecule has 0 aliphatic carbocycles. The number of nitrogens with zero attached hydrogens (tertiary/aromatic N) is 2. The van der Waals surface area contributed by atoms with Crippen LogP contribution in [0.25, 0.3) is 11.1 Å². The van der Waals surface area contributed by atoms with Gasteiger partial charge in [0.15, 0.2) is 5.60 Å². The highest BCUT2D eigenvalue weighted by Crippen LogP contribution is 2.48. The lowest BCUT2D eigenvalue weighted by molar-refractivity contribution is 0.0251. The Morgan fingerprint density at radius 3 is 1.71 bits per heavy atom. The number of esters is 1. The van der Waals surface area contributed by atoms with Gasteiger partial charge in [0.25, 0.3) is 5.91 Å². The van der Waals surface area contributed by atoms with Gasteiger partial charge in [0.1, 0.15) is 0 Å². The minimum Gasteiger partial charge on any atom is -0.478 e. The molecule has 0 aromatic heterocycles. The Morgan fingerprint density at radius 2 is 1.17 bits per heavy atom. The Hall–Kier alpha value is -5.11. The van der Waals surface area contributed by atoms with Crippen molar-refractivity contribution in [2.24, 2.45) is 0 Å². The molecule has 1 aliphatic rings. The summed E-state index contributed by atoms with van der Waals surface area (Å²) in [6, 6.07) is 26.8. The average Bonchev–Trinajstić information content (AvgIpc) is 3.47. The van der Waals surface area contributed by atoms with Gasteiger partial charge >= 0.3 is 11.9 Å². The second-order valence-electron chi connectivity index (χ2n) is 13.4. The van der Waals surface area contributed by atoms with Crippen molar-refractivity contribution in [1.82, 2.24) is 5.32 Å². The monoisotopic (exact) mass is 703 g/mol. The Kier molecular flexibility index (Phi) is 12.8. The Labute approximate surface area is 308 Å². The summed E-state index contributed by atoms with van der Waals surface area (Å²) in [7, 11) is 0. The second-order valence-corrected chi connectivity index (χ2v) is 13.4. The molecule has 4 aromatic rings. The molecule has 0 unspecified atom stereocenters. The van der Waals surface area contributed by atoms with Crippen LogP contribution in [0.2, 0.25) is 0 Å². The molecule has 1 amide bonds. The zero-order valence-corrected chi connectivity index (χ0v) is 31.3. The zero-order chi connectivity index (χ0) is 37.3. The minimum absolute atomic E-state index is 0.0862. The third-order valence-electron chi connectivity index (χ3n) is 10.3. The smallest absolute Gasteiger partial charge is 0.340 e. The van der Waals surface area contributed by atoms with Crippen LogP contribution in [-0.4, -0.2) is 55.7 Å². The lowest BCUT2D eigenvalue weighted by Gasteiger charge is -2.32. The van der Waals surface area contributed by atoms with Crippen molar-refractivity contribution in [2.45, 2.75) is 78.7 Å². The molecule has 0 saturated carbocycles. The quantitative estimate of drug-likeness (QED) is 0.0787. The molecule has 0 fully saturated rings. The van der Waals surface area contributed by atoms with Crippen molar-refractivity contribution < 1.29 is 24.2 Å². The highest BCUT2D eigenvalue weighted by molar-refractivity contribution is 6.06. The summed E-state index contributed by atoms with van der Waals surface area (Å²) >= 11 is 0. The Morgan fingerprint density at radius 1 is 0.654 bits per heavy atom. The van der Waals surface area contributed by atoms with E-state index < -0.39 is 23.4 Å². The average molecular weight is 704 g/mol. The molecule has 8 nitrogen and oxygen atoms in total. The summed E-state index contributed by atoms with van der Waals surface area (Å²) < 4.78 is 6.46. The lowest BCUT2D eigenvalue weighted by Crippen LogP contribution is -2.30. The standard InChI is InChI=1S/C44H53N3O5/c1-6-11-12-13-14-15-28-45-41(48)37-26-16-31(29-38(37)42(49)50)32-17-27-40-39(30-32)43(51)52-44(40,33-18-22-35(23-19-33)46(7-2)8-3)34-20-24-36(25-21-34)47(9-4)10-5/h16-27,29-30H,6-15,28H2,1-5H3,(H,45,48)(H,49,50). The van der Waals surface area contributed by atoms with Crippen molar-refractivity contribution in [3.05, 3.63) is 118 Å². The maximum Gasteiger partial charge on any atom is 0.340 e. The molecule has 0 bridgehead atoms. The van der Waals surface area contributed by atoms with Gasteiger partial charge in [-0.1, -0.05) is 81.5 Å². The Balaban J connectivity index is 1.50. The topological polar surface area (TPSA) is 99.2 Å². The van der Waals surface area contributed by atoms with Crippen LogP contribution in [0.3, 0.4) is 0 Å². The number of hydrogen-bond acceptors (Lipinski definition) is 6. The van der Waals surface area contributed by atoms with Crippen LogP contribution in [0.5, 0.6) is 0 Å². The van der Waals surface area contributed by atoms with Crippen LogP contribution < -0.4 is 15.1 Å². The molecule has 0 saturated heterocycles. The summed E-state index contributed by atoms with van der Waals surface area (Å²) in [5, 5.41) is 13.0. The number of benzene rings is 4. The predicted molar refractivity (Wildman–Crippen MR) is 210 cm³/mol. The number of aromatic carboxylic acids is 1. The van der Waals surface area contributed by atoms with Gasteiger partial charge in [0.05, 0.1) is 16.7 Å². The van der Waals surface area contributed by atoms with Gasteiger partial charge < -0.3 is 25.0 Å². The lowest BCUT2D eigenvalue weighted by atomic mass is 9.79. The largest absolute Gasteiger partial charge is 0.478 e. The number of carbonyl (C=O) groups is 3. The third-order valence-corrected chi connectivity index (χ3v) is 10.3. The van der Waals surface area contributed by atoms with E-state index in [9.17, 15) is 19.5 Å².